The van der Waals surface area contributed by atoms with E-state index in [9.17, 15) is 14.7 Å². The van der Waals surface area contributed by atoms with Crippen molar-refractivity contribution in [1.82, 2.24) is 9.88 Å². The maximum absolute atomic E-state index is 12.4. The Labute approximate surface area is 151 Å². The molecular weight excluding hydrogens is 340 g/mol. The van der Waals surface area contributed by atoms with Crippen LogP contribution in [-0.4, -0.2) is 15.6 Å². The molecule has 1 fully saturated rings. The van der Waals surface area contributed by atoms with Crippen LogP contribution >= 0.6 is 11.6 Å². The number of pyridine rings is 1. The van der Waals surface area contributed by atoms with Crippen LogP contribution in [0.1, 0.15) is 36.6 Å². The molecule has 0 aliphatic heterocycles. The minimum atomic E-state index is -0.304. The number of hydrogen-bond donors (Lipinski definition) is 2. The minimum absolute atomic E-state index is 0.0117. The number of aromatic nitrogens is 1. The SMILES string of the molecule is Cc1cc(O)cc(=O)n1CCC(=O)NC(c1ccc(Cl)cc1)C1CC1. The number of aryl methyl sites for hydroxylation is 1. The highest BCUT2D eigenvalue weighted by atomic mass is 35.5. The van der Waals surface area contributed by atoms with Gasteiger partial charge in [-0.25, -0.2) is 0 Å². The number of aromatic hydroxyl groups is 1. The fourth-order valence-electron chi connectivity index (χ4n) is 3.03. The molecule has 2 N–H and O–H groups in total. The lowest BCUT2D eigenvalue weighted by Gasteiger charge is -2.19. The van der Waals surface area contributed by atoms with Crippen LogP contribution in [0.3, 0.4) is 0 Å². The van der Waals surface area contributed by atoms with E-state index in [0.29, 0.717) is 16.6 Å². The Morgan fingerprint density at radius 3 is 2.60 bits per heavy atom. The molecular formula is C19H21ClN2O3. The molecule has 3 rings (SSSR count). The molecule has 6 heteroatoms. The van der Waals surface area contributed by atoms with Crippen LogP contribution in [0.25, 0.3) is 0 Å². The van der Waals surface area contributed by atoms with E-state index in [1.165, 1.54) is 10.6 Å². The first-order valence-corrected chi connectivity index (χ1v) is 8.77. The summed E-state index contributed by atoms with van der Waals surface area (Å²) in [5, 5.41) is 13.2. The fourth-order valence-corrected chi connectivity index (χ4v) is 3.16. The summed E-state index contributed by atoms with van der Waals surface area (Å²) in [6, 6.07) is 10.2. The molecule has 1 saturated carbocycles. The van der Waals surface area contributed by atoms with E-state index in [1.54, 1.807) is 6.92 Å². The molecule has 0 bridgehead atoms. The summed E-state index contributed by atoms with van der Waals surface area (Å²) in [5.41, 5.74) is 1.38. The molecule has 0 spiro atoms. The Bertz CT molecular complexity index is 826. The number of nitrogens with zero attached hydrogens (tertiary/aromatic N) is 1. The Morgan fingerprint density at radius 2 is 2.00 bits per heavy atom. The third-order valence-corrected chi connectivity index (χ3v) is 4.77. The highest BCUT2D eigenvalue weighted by Gasteiger charge is 2.33. The molecule has 132 valence electrons. The van der Waals surface area contributed by atoms with Gasteiger partial charge in [-0.3, -0.25) is 9.59 Å². The molecule has 1 atom stereocenters. The van der Waals surface area contributed by atoms with Gasteiger partial charge < -0.3 is 15.0 Å². The third kappa shape index (κ3) is 4.42. The van der Waals surface area contributed by atoms with Gasteiger partial charge in [-0.1, -0.05) is 23.7 Å². The average Bonchev–Trinajstić information content (AvgIpc) is 3.37. The summed E-state index contributed by atoms with van der Waals surface area (Å²) in [7, 11) is 0. The van der Waals surface area contributed by atoms with Crippen LogP contribution in [0.15, 0.2) is 41.2 Å². The zero-order chi connectivity index (χ0) is 18.0. The second kappa shape index (κ2) is 7.31. The van der Waals surface area contributed by atoms with Gasteiger partial charge in [0.05, 0.1) is 6.04 Å². The molecule has 1 amide bonds. The number of halogens is 1. The summed E-state index contributed by atoms with van der Waals surface area (Å²) < 4.78 is 1.49. The summed E-state index contributed by atoms with van der Waals surface area (Å²) in [4.78, 5) is 24.3. The van der Waals surface area contributed by atoms with Crippen molar-refractivity contribution in [1.29, 1.82) is 0 Å². The van der Waals surface area contributed by atoms with Gasteiger partial charge in [0.1, 0.15) is 5.75 Å². The first-order valence-electron chi connectivity index (χ1n) is 8.39. The number of rotatable bonds is 6. The lowest BCUT2D eigenvalue weighted by Crippen LogP contribution is -2.32. The second-order valence-corrected chi connectivity index (χ2v) is 6.97. The average molecular weight is 361 g/mol. The zero-order valence-electron chi connectivity index (χ0n) is 14.0. The topological polar surface area (TPSA) is 71.3 Å². The number of carbonyl (C=O) groups is 1. The Kier molecular flexibility index (Phi) is 5.13. The van der Waals surface area contributed by atoms with Gasteiger partial charge in [-0.05, 0) is 49.4 Å². The summed E-state index contributed by atoms with van der Waals surface area (Å²) in [6.07, 6.45) is 2.41. The van der Waals surface area contributed by atoms with Crippen LogP contribution in [0.5, 0.6) is 5.75 Å². The third-order valence-electron chi connectivity index (χ3n) is 4.52. The van der Waals surface area contributed by atoms with Crippen molar-refractivity contribution < 1.29 is 9.90 Å². The van der Waals surface area contributed by atoms with E-state index in [2.05, 4.69) is 5.32 Å². The number of amides is 1. The smallest absolute Gasteiger partial charge is 0.254 e. The van der Waals surface area contributed by atoms with Crippen LogP contribution in [0, 0.1) is 12.8 Å². The van der Waals surface area contributed by atoms with Crippen molar-refractivity contribution in [2.24, 2.45) is 5.92 Å². The fraction of sp³-hybridized carbons (Fsp3) is 0.368. The molecule has 2 aromatic rings. The largest absolute Gasteiger partial charge is 0.508 e. The maximum atomic E-state index is 12.4. The molecule has 1 heterocycles. The molecule has 5 nitrogen and oxygen atoms in total. The van der Waals surface area contributed by atoms with Crippen molar-refractivity contribution in [2.45, 2.75) is 38.8 Å². The second-order valence-electron chi connectivity index (χ2n) is 6.53. The van der Waals surface area contributed by atoms with Crippen molar-refractivity contribution in [3.05, 3.63) is 63.0 Å². The number of nitrogens with one attached hydrogen (secondary N) is 1. The van der Waals surface area contributed by atoms with E-state index in [1.807, 2.05) is 24.3 Å². The van der Waals surface area contributed by atoms with E-state index in [-0.39, 0.29) is 36.2 Å². The van der Waals surface area contributed by atoms with Crippen LogP contribution in [0.4, 0.5) is 0 Å². The van der Waals surface area contributed by atoms with Crippen molar-refractivity contribution >= 4 is 17.5 Å². The maximum Gasteiger partial charge on any atom is 0.254 e. The molecule has 0 radical (unpaired) electrons. The Morgan fingerprint density at radius 1 is 1.32 bits per heavy atom. The van der Waals surface area contributed by atoms with Gasteiger partial charge in [-0.2, -0.15) is 0 Å². The molecule has 1 unspecified atom stereocenters. The van der Waals surface area contributed by atoms with Gasteiger partial charge in [0.2, 0.25) is 5.91 Å². The van der Waals surface area contributed by atoms with Crippen molar-refractivity contribution in [3.8, 4) is 5.75 Å². The zero-order valence-corrected chi connectivity index (χ0v) is 14.8. The first kappa shape index (κ1) is 17.5. The Balaban J connectivity index is 1.65. The van der Waals surface area contributed by atoms with Crippen molar-refractivity contribution in [2.75, 3.05) is 0 Å². The highest BCUT2D eigenvalue weighted by molar-refractivity contribution is 6.30. The van der Waals surface area contributed by atoms with Crippen LogP contribution < -0.4 is 10.9 Å². The predicted octanol–water partition coefficient (Wildman–Crippen LogP) is 3.17. The lowest BCUT2D eigenvalue weighted by atomic mass is 10.0. The van der Waals surface area contributed by atoms with E-state index in [4.69, 9.17) is 11.6 Å². The van der Waals surface area contributed by atoms with E-state index < -0.39 is 0 Å². The molecule has 1 aromatic carbocycles. The number of benzene rings is 1. The van der Waals surface area contributed by atoms with Gasteiger partial charge in [-0.15, -0.1) is 0 Å². The van der Waals surface area contributed by atoms with Gasteiger partial charge in [0, 0.05) is 29.7 Å². The standard InChI is InChI=1S/C19H21ClN2O3/c1-12-10-16(23)11-18(25)22(12)9-8-17(24)21-19(13-2-3-13)14-4-6-15(20)7-5-14/h4-7,10-11,13,19,23H,2-3,8-9H2,1H3,(H,21,24). The van der Waals surface area contributed by atoms with E-state index in [0.717, 1.165) is 24.5 Å². The Hall–Kier alpha value is -2.27. The van der Waals surface area contributed by atoms with Gasteiger partial charge >= 0.3 is 0 Å². The number of hydrogen-bond acceptors (Lipinski definition) is 3. The van der Waals surface area contributed by atoms with E-state index >= 15 is 0 Å². The number of carbonyl (C=O) groups excluding carboxylic acids is 1. The first-order chi connectivity index (χ1) is 11.9. The molecule has 25 heavy (non-hydrogen) atoms. The summed E-state index contributed by atoms with van der Waals surface area (Å²) in [6.45, 7) is 2.02. The van der Waals surface area contributed by atoms with Gasteiger partial charge in [0.15, 0.2) is 0 Å². The molecule has 0 saturated heterocycles. The minimum Gasteiger partial charge on any atom is -0.508 e. The normalized spacial score (nSPS) is 15.0. The summed E-state index contributed by atoms with van der Waals surface area (Å²) in [5.74, 6) is 0.314. The predicted molar refractivity (Wildman–Crippen MR) is 96.8 cm³/mol. The quantitative estimate of drug-likeness (QED) is 0.831. The summed E-state index contributed by atoms with van der Waals surface area (Å²) >= 11 is 5.94. The highest BCUT2D eigenvalue weighted by Crippen LogP contribution is 2.41. The van der Waals surface area contributed by atoms with Crippen LogP contribution in [-0.2, 0) is 11.3 Å². The molecule has 1 aromatic heterocycles. The molecule has 1 aliphatic rings. The van der Waals surface area contributed by atoms with Gasteiger partial charge in [0.25, 0.3) is 5.56 Å². The molecule has 1 aliphatic carbocycles. The van der Waals surface area contributed by atoms with Crippen LogP contribution in [0.2, 0.25) is 5.02 Å². The monoisotopic (exact) mass is 360 g/mol. The lowest BCUT2D eigenvalue weighted by molar-refractivity contribution is -0.122. The van der Waals surface area contributed by atoms with Crippen molar-refractivity contribution in [3.63, 3.8) is 0 Å².